The van der Waals surface area contributed by atoms with Crippen LogP contribution in [0.15, 0.2) is 30.3 Å². The lowest BCUT2D eigenvalue weighted by molar-refractivity contribution is -0.136. The van der Waals surface area contributed by atoms with Gasteiger partial charge in [0.15, 0.2) is 0 Å². The molecule has 1 fully saturated rings. The van der Waals surface area contributed by atoms with E-state index in [4.69, 9.17) is 5.73 Å². The fourth-order valence-electron chi connectivity index (χ4n) is 2.88. The topological polar surface area (TPSA) is 46.3 Å². The zero-order chi connectivity index (χ0) is 13.7. The van der Waals surface area contributed by atoms with Gasteiger partial charge < -0.3 is 10.6 Å². The van der Waals surface area contributed by atoms with Crippen LogP contribution in [0, 0.1) is 0 Å². The molecule has 1 amide bonds. The molecule has 1 heterocycles. The van der Waals surface area contributed by atoms with Crippen LogP contribution in [0.5, 0.6) is 0 Å². The van der Waals surface area contributed by atoms with Gasteiger partial charge >= 0.3 is 0 Å². The highest BCUT2D eigenvalue weighted by Crippen LogP contribution is 2.20. The first-order valence-electron chi connectivity index (χ1n) is 7.32. The van der Waals surface area contributed by atoms with E-state index >= 15 is 0 Å². The maximum absolute atomic E-state index is 12.5. The second-order valence-electron chi connectivity index (χ2n) is 5.39. The van der Waals surface area contributed by atoms with Gasteiger partial charge in [-0.1, -0.05) is 37.3 Å². The van der Waals surface area contributed by atoms with Gasteiger partial charge in [-0.25, -0.2) is 0 Å². The van der Waals surface area contributed by atoms with E-state index in [2.05, 4.69) is 6.92 Å². The first-order valence-corrected chi connectivity index (χ1v) is 7.32. The summed E-state index contributed by atoms with van der Waals surface area (Å²) in [5.41, 5.74) is 7.24. The van der Waals surface area contributed by atoms with Crippen LogP contribution in [0.25, 0.3) is 0 Å². The summed E-state index contributed by atoms with van der Waals surface area (Å²) in [5, 5.41) is 0. The Morgan fingerprint density at radius 2 is 2.11 bits per heavy atom. The molecule has 1 aliphatic rings. The largest absolute Gasteiger partial charge is 0.338 e. The summed E-state index contributed by atoms with van der Waals surface area (Å²) in [6.45, 7) is 3.03. The van der Waals surface area contributed by atoms with Crippen LogP contribution < -0.4 is 5.73 Å². The Morgan fingerprint density at radius 3 is 2.79 bits per heavy atom. The van der Waals surface area contributed by atoms with Crippen molar-refractivity contribution in [3.05, 3.63) is 35.9 Å². The van der Waals surface area contributed by atoms with Crippen LogP contribution in [0.2, 0.25) is 0 Å². The van der Waals surface area contributed by atoms with Gasteiger partial charge in [0.2, 0.25) is 5.91 Å². The third kappa shape index (κ3) is 3.57. The molecule has 1 saturated heterocycles. The average molecular weight is 260 g/mol. The van der Waals surface area contributed by atoms with Crippen molar-refractivity contribution in [2.24, 2.45) is 5.73 Å². The van der Waals surface area contributed by atoms with Crippen molar-refractivity contribution in [3.63, 3.8) is 0 Å². The van der Waals surface area contributed by atoms with Crippen molar-refractivity contribution in [1.29, 1.82) is 0 Å². The number of benzene rings is 1. The molecular weight excluding hydrogens is 236 g/mol. The lowest BCUT2D eigenvalue weighted by atomic mass is 9.97. The summed E-state index contributed by atoms with van der Waals surface area (Å²) >= 11 is 0. The zero-order valence-electron chi connectivity index (χ0n) is 11.7. The van der Waals surface area contributed by atoms with Gasteiger partial charge in [0.25, 0.3) is 0 Å². The van der Waals surface area contributed by atoms with E-state index in [9.17, 15) is 4.79 Å². The minimum atomic E-state index is -0.408. The first-order chi connectivity index (χ1) is 9.22. The van der Waals surface area contributed by atoms with Crippen LogP contribution in [-0.2, 0) is 11.2 Å². The van der Waals surface area contributed by atoms with Crippen molar-refractivity contribution < 1.29 is 4.79 Å². The summed E-state index contributed by atoms with van der Waals surface area (Å²) < 4.78 is 0. The molecule has 0 spiro atoms. The third-order valence-electron chi connectivity index (χ3n) is 4.00. The number of hydrogen-bond acceptors (Lipinski definition) is 2. The molecule has 0 bridgehead atoms. The lowest BCUT2D eigenvalue weighted by Crippen LogP contribution is -2.51. The number of likely N-dealkylation sites (tertiary alicyclic amines) is 1. The lowest BCUT2D eigenvalue weighted by Gasteiger charge is -2.36. The normalized spacial score (nSPS) is 21.2. The fourth-order valence-corrected chi connectivity index (χ4v) is 2.88. The van der Waals surface area contributed by atoms with Crippen LogP contribution in [0.3, 0.4) is 0 Å². The van der Waals surface area contributed by atoms with Gasteiger partial charge in [-0.05, 0) is 37.7 Å². The third-order valence-corrected chi connectivity index (χ3v) is 4.00. The van der Waals surface area contributed by atoms with Crippen molar-refractivity contribution in [2.75, 3.05) is 6.54 Å². The van der Waals surface area contributed by atoms with Gasteiger partial charge in [-0.2, -0.15) is 0 Å². The minimum Gasteiger partial charge on any atom is -0.338 e. The molecule has 2 rings (SSSR count). The number of amides is 1. The number of nitrogens with zero attached hydrogens (tertiary/aromatic N) is 1. The minimum absolute atomic E-state index is 0.121. The van der Waals surface area contributed by atoms with E-state index in [1.807, 2.05) is 35.2 Å². The van der Waals surface area contributed by atoms with Gasteiger partial charge in [0, 0.05) is 12.6 Å². The molecule has 1 aliphatic heterocycles. The van der Waals surface area contributed by atoms with Crippen LogP contribution >= 0.6 is 0 Å². The van der Waals surface area contributed by atoms with E-state index in [1.165, 1.54) is 6.42 Å². The number of carbonyl (C=O) groups is 1. The van der Waals surface area contributed by atoms with Gasteiger partial charge in [0.05, 0.1) is 6.04 Å². The Hall–Kier alpha value is -1.35. The highest BCUT2D eigenvalue weighted by Gasteiger charge is 2.28. The van der Waals surface area contributed by atoms with Crippen molar-refractivity contribution in [2.45, 2.75) is 51.1 Å². The predicted molar refractivity (Wildman–Crippen MR) is 77.8 cm³/mol. The number of piperidine rings is 1. The molecule has 104 valence electrons. The quantitative estimate of drug-likeness (QED) is 0.903. The van der Waals surface area contributed by atoms with Crippen molar-refractivity contribution in [1.82, 2.24) is 4.90 Å². The Labute approximate surface area is 115 Å². The SMILES string of the molecule is CCC1CCCCN1C(=O)C(N)Cc1ccccc1. The molecule has 2 unspecified atom stereocenters. The number of rotatable bonds is 4. The summed E-state index contributed by atoms with van der Waals surface area (Å²) in [5.74, 6) is 0.121. The average Bonchev–Trinajstić information content (AvgIpc) is 2.47. The number of nitrogens with two attached hydrogens (primary N) is 1. The Bertz CT molecular complexity index is 404. The van der Waals surface area contributed by atoms with E-state index in [-0.39, 0.29) is 5.91 Å². The van der Waals surface area contributed by atoms with E-state index in [0.717, 1.165) is 31.4 Å². The Morgan fingerprint density at radius 1 is 1.37 bits per heavy atom. The molecule has 2 N–H and O–H groups in total. The number of hydrogen-bond donors (Lipinski definition) is 1. The monoisotopic (exact) mass is 260 g/mol. The first kappa shape index (κ1) is 14.1. The van der Waals surface area contributed by atoms with Crippen LogP contribution in [-0.4, -0.2) is 29.4 Å². The summed E-state index contributed by atoms with van der Waals surface area (Å²) in [6.07, 6.45) is 5.13. The fraction of sp³-hybridized carbons (Fsp3) is 0.562. The Balaban J connectivity index is 1.98. The summed E-state index contributed by atoms with van der Waals surface area (Å²) in [6, 6.07) is 10.00. The molecule has 1 aromatic carbocycles. The van der Waals surface area contributed by atoms with Gasteiger partial charge in [-0.3, -0.25) is 4.79 Å². The molecular formula is C16H24N2O. The van der Waals surface area contributed by atoms with E-state index in [1.54, 1.807) is 0 Å². The number of carbonyl (C=O) groups excluding carboxylic acids is 1. The molecule has 0 aliphatic carbocycles. The van der Waals surface area contributed by atoms with Crippen LogP contribution in [0.1, 0.15) is 38.2 Å². The highest BCUT2D eigenvalue weighted by atomic mass is 16.2. The standard InChI is InChI=1S/C16H24N2O/c1-2-14-10-6-7-11-18(14)16(19)15(17)12-13-8-4-3-5-9-13/h3-5,8-9,14-15H,2,6-7,10-12,17H2,1H3. The molecule has 19 heavy (non-hydrogen) atoms. The molecule has 0 aromatic heterocycles. The second kappa shape index (κ2) is 6.71. The molecule has 3 heteroatoms. The molecule has 1 aromatic rings. The summed E-state index contributed by atoms with van der Waals surface area (Å²) in [4.78, 5) is 14.5. The maximum Gasteiger partial charge on any atom is 0.240 e. The van der Waals surface area contributed by atoms with Crippen molar-refractivity contribution in [3.8, 4) is 0 Å². The molecule has 2 atom stereocenters. The van der Waals surface area contributed by atoms with Crippen LogP contribution in [0.4, 0.5) is 0 Å². The predicted octanol–water partition coefficient (Wildman–Crippen LogP) is 2.35. The van der Waals surface area contributed by atoms with Gasteiger partial charge in [-0.15, -0.1) is 0 Å². The molecule has 0 radical (unpaired) electrons. The van der Waals surface area contributed by atoms with Crippen molar-refractivity contribution >= 4 is 5.91 Å². The van der Waals surface area contributed by atoms with E-state index in [0.29, 0.717) is 12.5 Å². The maximum atomic E-state index is 12.5. The molecule has 0 saturated carbocycles. The zero-order valence-corrected chi connectivity index (χ0v) is 11.7. The Kier molecular flexibility index (Phi) is 4.97. The molecule has 3 nitrogen and oxygen atoms in total. The highest BCUT2D eigenvalue weighted by molar-refractivity contribution is 5.82. The van der Waals surface area contributed by atoms with Gasteiger partial charge in [0.1, 0.15) is 0 Å². The second-order valence-corrected chi connectivity index (χ2v) is 5.39. The summed E-state index contributed by atoms with van der Waals surface area (Å²) in [7, 11) is 0. The smallest absolute Gasteiger partial charge is 0.240 e. The van der Waals surface area contributed by atoms with E-state index < -0.39 is 6.04 Å².